The van der Waals surface area contributed by atoms with Crippen LogP contribution in [0.15, 0.2) is 84.8 Å². The minimum Gasteiger partial charge on any atom is -0.401 e. The van der Waals surface area contributed by atoms with Crippen LogP contribution < -0.4 is 21.7 Å². The lowest BCUT2D eigenvalue weighted by Gasteiger charge is -2.35. The van der Waals surface area contributed by atoms with Gasteiger partial charge in [-0.1, -0.05) is 93.7 Å². The second-order valence-electron chi connectivity index (χ2n) is 22.3. The number of aromatic nitrogens is 3. The summed E-state index contributed by atoms with van der Waals surface area (Å²) in [5.74, 6) is -1.02. The fourth-order valence-corrected chi connectivity index (χ4v) is 11.2. The van der Waals surface area contributed by atoms with Crippen LogP contribution in [0.5, 0.6) is 0 Å². The number of amides is 3. The maximum absolute atomic E-state index is 14.2. The van der Waals surface area contributed by atoms with Crippen LogP contribution in [0.1, 0.15) is 128 Å². The number of nitrogens with one attached hydrogen (secondary N) is 3. The van der Waals surface area contributed by atoms with Gasteiger partial charge in [-0.15, -0.1) is 12.6 Å². The van der Waals surface area contributed by atoms with Gasteiger partial charge in [0, 0.05) is 103 Å². The third kappa shape index (κ3) is 14.5. The molecule has 2 saturated heterocycles. The van der Waals surface area contributed by atoms with Gasteiger partial charge in [-0.2, -0.15) is 4.98 Å². The van der Waals surface area contributed by atoms with Gasteiger partial charge in [0.2, 0.25) is 23.7 Å². The molecule has 76 heavy (non-hydrogen) atoms. The summed E-state index contributed by atoms with van der Waals surface area (Å²) in [6, 6.07) is 18.7. The topological polar surface area (TPSA) is 194 Å². The molecular formula is C58H76ClFN10O5S. The van der Waals surface area contributed by atoms with Gasteiger partial charge >= 0.3 is 0 Å². The van der Waals surface area contributed by atoms with Crippen LogP contribution in [0.25, 0.3) is 27.1 Å². The number of β-amino-alcohol motifs (C(OH)–C–C–N with tert-alkyl or cyclic N) is 1. The third-order valence-corrected chi connectivity index (χ3v) is 16.0. The van der Waals surface area contributed by atoms with Gasteiger partial charge < -0.3 is 46.3 Å². The molecule has 8 rings (SSSR count). The monoisotopic (exact) mass is 1080 g/mol. The van der Waals surface area contributed by atoms with E-state index in [4.69, 9.17) is 22.3 Å². The molecule has 1 aliphatic carbocycles. The van der Waals surface area contributed by atoms with Crippen molar-refractivity contribution in [3.05, 3.63) is 112 Å². The fourth-order valence-electron chi connectivity index (χ4n) is 10.8. The van der Waals surface area contributed by atoms with Crippen molar-refractivity contribution >= 4 is 69.5 Å². The highest BCUT2D eigenvalue weighted by atomic mass is 35.5. The molecule has 15 nitrogen and oxygen atoms in total. The quantitative estimate of drug-likeness (QED) is 0.0308. The number of piperazine rings is 1. The third-order valence-electron chi connectivity index (χ3n) is 15.2. The first-order valence-electron chi connectivity index (χ1n) is 27.0. The predicted molar refractivity (Wildman–Crippen MR) is 302 cm³/mol. The zero-order valence-electron chi connectivity index (χ0n) is 44.6. The summed E-state index contributed by atoms with van der Waals surface area (Å²) in [6.45, 7) is 15.2. The molecule has 0 unspecified atom stereocenters. The molecule has 4 atom stereocenters. The van der Waals surface area contributed by atoms with E-state index in [2.05, 4.69) is 78.4 Å². The normalized spacial score (nSPS) is 20.8. The first-order chi connectivity index (χ1) is 36.3. The number of rotatable bonds is 19. The Kier molecular flexibility index (Phi) is 18.8. The molecule has 0 bridgehead atoms. The lowest BCUT2D eigenvalue weighted by molar-refractivity contribution is -0.144. The number of halogens is 2. The minimum atomic E-state index is -0.870. The maximum atomic E-state index is 14.2. The second kappa shape index (κ2) is 25.3. The number of thiol groups is 1. The summed E-state index contributed by atoms with van der Waals surface area (Å²) < 4.78 is 16.3. The van der Waals surface area contributed by atoms with Crippen LogP contribution in [-0.4, -0.2) is 121 Å². The predicted octanol–water partition coefficient (Wildman–Crippen LogP) is 9.13. The van der Waals surface area contributed by atoms with Crippen molar-refractivity contribution in [2.24, 2.45) is 11.1 Å². The fraction of sp³-hybridized carbons (Fsp3) is 0.500. The number of carbonyl (C=O) groups is 3. The van der Waals surface area contributed by atoms with Crippen LogP contribution in [0.4, 0.5) is 16.0 Å². The highest BCUT2D eigenvalue weighted by Crippen LogP contribution is 2.38. The van der Waals surface area contributed by atoms with Gasteiger partial charge in [-0.25, -0.2) is 9.37 Å². The van der Waals surface area contributed by atoms with Crippen molar-refractivity contribution in [1.29, 1.82) is 0 Å². The van der Waals surface area contributed by atoms with Crippen LogP contribution in [-0.2, 0) is 20.9 Å². The van der Waals surface area contributed by atoms with Crippen molar-refractivity contribution in [2.45, 2.75) is 142 Å². The van der Waals surface area contributed by atoms with E-state index in [-0.39, 0.29) is 53.9 Å². The molecule has 4 heterocycles. The lowest BCUT2D eigenvalue weighted by atomic mass is 9.85. The minimum absolute atomic E-state index is 0.0157. The van der Waals surface area contributed by atoms with Crippen molar-refractivity contribution < 1.29 is 29.0 Å². The van der Waals surface area contributed by atoms with Gasteiger partial charge in [0.15, 0.2) is 0 Å². The molecule has 0 radical (unpaired) electrons. The Hall–Kier alpha value is -5.56. The first-order valence-corrected chi connectivity index (χ1v) is 27.8. The lowest BCUT2D eigenvalue weighted by Crippen LogP contribution is -2.57. The van der Waals surface area contributed by atoms with Crippen molar-refractivity contribution in [1.82, 2.24) is 39.9 Å². The Morgan fingerprint density at radius 3 is 2.25 bits per heavy atom. The Bertz CT molecular complexity index is 2820. The zero-order chi connectivity index (χ0) is 54.3. The molecule has 3 aliphatic rings. The van der Waals surface area contributed by atoms with E-state index in [9.17, 15) is 29.0 Å². The molecule has 18 heteroatoms. The van der Waals surface area contributed by atoms with E-state index < -0.39 is 29.4 Å². The molecule has 408 valence electrons. The van der Waals surface area contributed by atoms with E-state index >= 15 is 0 Å². The highest BCUT2D eigenvalue weighted by Gasteiger charge is 2.44. The SMILES string of the molecule is C/C(N)=C(/S)c1ccc([C@H](C)NC(=O)[C@@H]2C[C@@H](O)CN2C(=O)[C@@H](NC(=O)CCCCCCN2CCN(Cc3ccc(-c4cn(C5CCC(O)CC5)c5nc(Nc6cc(F)cc(Cl)c6)ncc45)cc3)CC2)C(C)(C)C)cc1. The molecule has 3 amide bonds. The number of benzene rings is 3. The molecule has 5 aromatic rings. The van der Waals surface area contributed by atoms with Gasteiger partial charge in [0.1, 0.15) is 23.5 Å². The number of carbonyl (C=O) groups excluding carboxylic acids is 3. The number of hydrogen-bond donors (Lipinski definition) is 7. The number of unbranched alkanes of at least 4 members (excludes halogenated alkanes) is 3. The highest BCUT2D eigenvalue weighted by molar-refractivity contribution is 7.90. The molecule has 2 aliphatic heterocycles. The Morgan fingerprint density at radius 2 is 1.58 bits per heavy atom. The Labute approximate surface area is 457 Å². The van der Waals surface area contributed by atoms with Crippen LogP contribution in [0, 0.1) is 11.2 Å². The summed E-state index contributed by atoms with van der Waals surface area (Å²) in [5, 5.41) is 31.3. The Morgan fingerprint density at radius 1 is 0.895 bits per heavy atom. The van der Waals surface area contributed by atoms with Crippen molar-refractivity contribution in [3.8, 4) is 11.1 Å². The van der Waals surface area contributed by atoms with Crippen molar-refractivity contribution in [3.63, 3.8) is 0 Å². The van der Waals surface area contributed by atoms with Gasteiger partial charge in [0.25, 0.3) is 0 Å². The average Bonchev–Trinajstić information content (AvgIpc) is 3.97. The molecule has 3 aromatic carbocycles. The summed E-state index contributed by atoms with van der Waals surface area (Å²) in [7, 11) is 0. The molecule has 0 spiro atoms. The number of nitrogens with zero attached hydrogens (tertiary/aromatic N) is 6. The molecule has 7 N–H and O–H groups in total. The summed E-state index contributed by atoms with van der Waals surface area (Å²) in [4.78, 5) is 57.8. The van der Waals surface area contributed by atoms with E-state index in [1.54, 1.807) is 13.0 Å². The van der Waals surface area contributed by atoms with E-state index in [1.165, 1.54) is 22.6 Å². The number of allylic oxidation sites excluding steroid dienone is 1. The number of aliphatic hydroxyl groups is 2. The largest absolute Gasteiger partial charge is 0.401 e. The number of anilines is 2. The molecule has 3 fully saturated rings. The Balaban J connectivity index is 0.764. The van der Waals surface area contributed by atoms with Crippen LogP contribution in [0.3, 0.4) is 0 Å². The number of likely N-dealkylation sites (tertiary alicyclic amines) is 1. The molecule has 1 saturated carbocycles. The smallest absolute Gasteiger partial charge is 0.246 e. The standard InChI is InChI=1S/C58H76ClFN10O5S/c1-36(61)52(76)41-17-15-39(16-18-41)37(2)63-55(74)50-31-47(72)34-70(50)56(75)53(58(3,4)5)65-51(73)10-8-6-7-9-23-67-24-26-68(27-25-67)33-38-11-13-40(14-12-38)49-35-69(45-19-21-46(71)22-20-45)54-48(49)32-62-57(66-54)64-44-29-42(59)28-43(60)30-44/h11-18,28-30,32,35,37,45-47,50,53,71-72,76H,6-10,19-27,31,33-34,61H2,1-5H3,(H,63,74)(H,65,73)(H,62,64,66)/b52-36-/t37-,45?,46?,47+,50-,53+/m0/s1. The van der Waals surface area contributed by atoms with Gasteiger partial charge in [-0.05, 0) is 105 Å². The first kappa shape index (κ1) is 56.6. The van der Waals surface area contributed by atoms with E-state index in [0.717, 1.165) is 118 Å². The average molecular weight is 1080 g/mol. The number of aliphatic hydroxyl groups excluding tert-OH is 2. The summed E-state index contributed by atoms with van der Waals surface area (Å²) in [6.07, 6.45) is 10.1. The molecule has 2 aromatic heterocycles. The van der Waals surface area contributed by atoms with E-state index in [0.29, 0.717) is 35.1 Å². The maximum Gasteiger partial charge on any atom is 0.246 e. The number of fused-ring (bicyclic) bond motifs is 1. The van der Waals surface area contributed by atoms with Gasteiger partial charge in [-0.3, -0.25) is 19.3 Å². The van der Waals surface area contributed by atoms with Crippen LogP contribution in [0.2, 0.25) is 5.02 Å². The zero-order valence-corrected chi connectivity index (χ0v) is 46.2. The second-order valence-corrected chi connectivity index (χ2v) is 23.1. The van der Waals surface area contributed by atoms with Crippen LogP contribution >= 0.6 is 24.2 Å². The number of nitrogens with two attached hydrogens (primary N) is 1. The summed E-state index contributed by atoms with van der Waals surface area (Å²) in [5.41, 5.74) is 12.2. The molecular weight excluding hydrogens is 1000 g/mol. The summed E-state index contributed by atoms with van der Waals surface area (Å²) >= 11 is 10.6. The van der Waals surface area contributed by atoms with E-state index in [1.807, 2.05) is 58.2 Å². The van der Waals surface area contributed by atoms with Crippen molar-refractivity contribution in [2.75, 3.05) is 44.6 Å². The van der Waals surface area contributed by atoms with Gasteiger partial charge in [0.05, 0.1) is 18.2 Å². The number of hydrogen-bond acceptors (Lipinski definition) is 12.